The molecule has 0 aromatic heterocycles. The molecule has 1 aliphatic heterocycles. The summed E-state index contributed by atoms with van der Waals surface area (Å²) in [4.78, 5) is 11.8. The molecular weight excluding hydrogens is 318 g/mol. The first-order chi connectivity index (χ1) is 9.59. The number of nitrogens with zero attached hydrogens (tertiary/aromatic N) is 1. The summed E-state index contributed by atoms with van der Waals surface area (Å²) >= 11 is 6.09. The highest BCUT2D eigenvalue weighted by atomic mass is 35.5. The normalized spacial score (nSPS) is 28.5. The quantitative estimate of drug-likeness (QED) is 0.471. The molecule has 0 N–H and O–H groups in total. The van der Waals surface area contributed by atoms with E-state index in [0.717, 1.165) is 4.31 Å². The number of esters is 1. The van der Waals surface area contributed by atoms with Crippen molar-refractivity contribution in [1.82, 2.24) is 4.31 Å². The Labute approximate surface area is 128 Å². The fraction of sp³-hybridized carbons (Fsp3) is 0.462. The predicted octanol–water partition coefficient (Wildman–Crippen LogP) is 1.29. The molecule has 6 nitrogen and oxygen atoms in total. The third kappa shape index (κ3) is 2.34. The average Bonchev–Trinajstić information content (AvgIpc) is 3.03. The molecule has 1 fully saturated rings. The molecular formula is C13H16ClNO5S. The van der Waals surface area contributed by atoms with Gasteiger partial charge in [0.2, 0.25) is 10.0 Å². The summed E-state index contributed by atoms with van der Waals surface area (Å²) in [5, 5.41) is -1.57. The first kappa shape index (κ1) is 16.2. The Kier molecular flexibility index (Phi) is 3.82. The van der Waals surface area contributed by atoms with Crippen LogP contribution in [0.4, 0.5) is 0 Å². The van der Waals surface area contributed by atoms with Gasteiger partial charge in [0.05, 0.1) is 12.0 Å². The number of hydrogen-bond acceptors (Lipinski definition) is 5. The molecule has 0 aliphatic carbocycles. The third-order valence-corrected chi connectivity index (χ3v) is 5.97. The lowest BCUT2D eigenvalue weighted by atomic mass is 9.97. The van der Waals surface area contributed by atoms with Crippen LogP contribution >= 0.6 is 11.6 Å². The van der Waals surface area contributed by atoms with Crippen LogP contribution in [0.1, 0.15) is 12.5 Å². The first-order valence-electron chi connectivity index (χ1n) is 6.10. The molecule has 2 unspecified atom stereocenters. The number of epoxide rings is 1. The Bertz CT molecular complexity index is 672. The van der Waals surface area contributed by atoms with E-state index < -0.39 is 26.7 Å². The maximum Gasteiger partial charge on any atom is 0.357 e. The highest BCUT2D eigenvalue weighted by Crippen LogP contribution is 2.59. The Balaban J connectivity index is 2.32. The number of halogens is 1. The molecule has 2 atom stereocenters. The minimum Gasteiger partial charge on any atom is -0.466 e. The lowest BCUT2D eigenvalue weighted by Gasteiger charge is -2.13. The first-order valence-corrected chi connectivity index (χ1v) is 7.92. The second-order valence-electron chi connectivity index (χ2n) is 5.03. The van der Waals surface area contributed by atoms with Crippen molar-refractivity contribution in [2.75, 3.05) is 21.2 Å². The maximum atomic E-state index is 12.0. The molecule has 0 amide bonds. The van der Waals surface area contributed by atoms with Crippen molar-refractivity contribution in [3.05, 3.63) is 29.8 Å². The van der Waals surface area contributed by atoms with Gasteiger partial charge in [-0.2, -0.15) is 0 Å². The van der Waals surface area contributed by atoms with E-state index in [0.29, 0.717) is 5.56 Å². The van der Waals surface area contributed by atoms with E-state index in [4.69, 9.17) is 16.3 Å². The summed E-state index contributed by atoms with van der Waals surface area (Å²) in [6.45, 7) is 1.65. The van der Waals surface area contributed by atoms with Crippen LogP contribution in [0.25, 0.3) is 0 Å². The number of alkyl halides is 1. The molecule has 2 rings (SSSR count). The molecule has 1 heterocycles. The fourth-order valence-electron chi connectivity index (χ4n) is 2.02. The molecule has 1 aromatic carbocycles. The Morgan fingerprint density at radius 2 is 1.81 bits per heavy atom. The van der Waals surface area contributed by atoms with Crippen molar-refractivity contribution >= 4 is 27.6 Å². The molecule has 0 saturated carbocycles. The molecule has 21 heavy (non-hydrogen) atoms. The van der Waals surface area contributed by atoms with E-state index in [-0.39, 0.29) is 4.90 Å². The van der Waals surface area contributed by atoms with E-state index >= 15 is 0 Å². The van der Waals surface area contributed by atoms with Gasteiger partial charge in [0.25, 0.3) is 5.06 Å². The number of benzene rings is 1. The second kappa shape index (κ2) is 4.95. The molecule has 1 aliphatic rings. The number of rotatable bonds is 4. The Hall–Kier alpha value is -1.15. The molecule has 0 spiro atoms. The van der Waals surface area contributed by atoms with E-state index in [1.807, 2.05) is 0 Å². The molecule has 116 valence electrons. The number of hydrogen-bond donors (Lipinski definition) is 0. The standard InChI is InChI=1S/C13H16ClNO5S/c1-12(13(14,20-12)11(16)19-4)9-5-7-10(8-6-9)21(17,18)15(2)3/h5-8H,1-4H3. The predicted molar refractivity (Wildman–Crippen MR) is 76.4 cm³/mol. The van der Waals surface area contributed by atoms with Crippen LogP contribution in [0.15, 0.2) is 29.2 Å². The topological polar surface area (TPSA) is 76.2 Å². The van der Waals surface area contributed by atoms with E-state index in [1.165, 1.54) is 33.3 Å². The zero-order valence-electron chi connectivity index (χ0n) is 12.1. The zero-order chi connectivity index (χ0) is 16.1. The monoisotopic (exact) mass is 333 g/mol. The minimum atomic E-state index is -3.50. The van der Waals surface area contributed by atoms with Gasteiger partial charge >= 0.3 is 5.97 Å². The highest BCUT2D eigenvalue weighted by molar-refractivity contribution is 7.89. The van der Waals surface area contributed by atoms with Crippen LogP contribution in [-0.4, -0.2) is 45.0 Å². The zero-order valence-corrected chi connectivity index (χ0v) is 13.7. The molecule has 8 heteroatoms. The van der Waals surface area contributed by atoms with Gasteiger partial charge in [0, 0.05) is 14.1 Å². The van der Waals surface area contributed by atoms with Gasteiger partial charge in [-0.15, -0.1) is 0 Å². The lowest BCUT2D eigenvalue weighted by molar-refractivity contribution is -0.143. The summed E-state index contributed by atoms with van der Waals surface area (Å²) in [6.07, 6.45) is 0. The van der Waals surface area contributed by atoms with Crippen molar-refractivity contribution in [2.24, 2.45) is 0 Å². The van der Waals surface area contributed by atoms with Crippen molar-refractivity contribution < 1.29 is 22.7 Å². The van der Waals surface area contributed by atoms with Gasteiger partial charge in [0.1, 0.15) is 5.60 Å². The average molecular weight is 334 g/mol. The van der Waals surface area contributed by atoms with Gasteiger partial charge in [-0.1, -0.05) is 23.7 Å². The largest absolute Gasteiger partial charge is 0.466 e. The van der Waals surface area contributed by atoms with Crippen LogP contribution < -0.4 is 0 Å². The Morgan fingerprint density at radius 3 is 2.24 bits per heavy atom. The van der Waals surface area contributed by atoms with Crippen LogP contribution in [0.3, 0.4) is 0 Å². The van der Waals surface area contributed by atoms with Gasteiger partial charge in [0.15, 0.2) is 0 Å². The second-order valence-corrected chi connectivity index (χ2v) is 7.72. The summed E-state index contributed by atoms with van der Waals surface area (Å²) in [5.74, 6) is -0.684. The number of carbonyl (C=O) groups is 1. The van der Waals surface area contributed by atoms with Crippen molar-refractivity contribution in [3.8, 4) is 0 Å². The van der Waals surface area contributed by atoms with Crippen LogP contribution in [0.2, 0.25) is 0 Å². The Morgan fingerprint density at radius 1 is 1.29 bits per heavy atom. The SMILES string of the molecule is COC(=O)C1(Cl)OC1(C)c1ccc(S(=O)(=O)N(C)C)cc1. The highest BCUT2D eigenvalue weighted by Gasteiger charge is 2.73. The summed E-state index contributed by atoms with van der Waals surface area (Å²) < 4.78 is 35.0. The van der Waals surface area contributed by atoms with Crippen molar-refractivity contribution in [1.29, 1.82) is 0 Å². The molecule has 0 bridgehead atoms. The van der Waals surface area contributed by atoms with Gasteiger partial charge in [-0.3, -0.25) is 0 Å². The number of methoxy groups -OCH3 is 1. The van der Waals surface area contributed by atoms with Crippen LogP contribution in [-0.2, 0) is 29.9 Å². The summed E-state index contributed by atoms with van der Waals surface area (Å²) in [5.41, 5.74) is -0.442. The maximum absolute atomic E-state index is 12.0. The van der Waals surface area contributed by atoms with Gasteiger partial charge < -0.3 is 9.47 Å². The third-order valence-electron chi connectivity index (χ3n) is 3.55. The summed E-state index contributed by atoms with van der Waals surface area (Å²) in [7, 11) is 0.631. The van der Waals surface area contributed by atoms with Crippen molar-refractivity contribution in [3.63, 3.8) is 0 Å². The molecule has 1 aromatic rings. The van der Waals surface area contributed by atoms with E-state index in [2.05, 4.69) is 4.74 Å². The smallest absolute Gasteiger partial charge is 0.357 e. The number of ether oxygens (including phenoxy) is 2. The minimum absolute atomic E-state index is 0.152. The molecule has 0 radical (unpaired) electrons. The van der Waals surface area contributed by atoms with E-state index in [1.54, 1.807) is 19.1 Å². The van der Waals surface area contributed by atoms with Crippen LogP contribution in [0, 0.1) is 0 Å². The van der Waals surface area contributed by atoms with E-state index in [9.17, 15) is 13.2 Å². The lowest BCUT2D eigenvalue weighted by Crippen LogP contribution is -2.27. The number of carbonyl (C=O) groups excluding carboxylic acids is 1. The van der Waals surface area contributed by atoms with Gasteiger partial charge in [-0.05, 0) is 24.6 Å². The molecule has 1 saturated heterocycles. The number of sulfonamides is 1. The van der Waals surface area contributed by atoms with Crippen LogP contribution in [0.5, 0.6) is 0 Å². The van der Waals surface area contributed by atoms with Crippen molar-refractivity contribution in [2.45, 2.75) is 22.5 Å². The summed E-state index contributed by atoms with van der Waals surface area (Å²) in [6, 6.07) is 6.05. The van der Waals surface area contributed by atoms with Gasteiger partial charge in [-0.25, -0.2) is 17.5 Å². The fourth-order valence-corrected chi connectivity index (χ4v) is 3.27.